The van der Waals surface area contributed by atoms with Crippen molar-refractivity contribution in [1.29, 1.82) is 5.26 Å². The number of nitrogens with one attached hydrogen (secondary N) is 1. The molecular formula is C25H18BrCl2FN2O3. The van der Waals surface area contributed by atoms with E-state index in [1.807, 2.05) is 13.0 Å². The van der Waals surface area contributed by atoms with E-state index < -0.39 is 5.91 Å². The Labute approximate surface area is 214 Å². The molecule has 5 nitrogen and oxygen atoms in total. The normalized spacial score (nSPS) is 11.0. The maximum absolute atomic E-state index is 13.5. The number of carbonyl (C=O) groups is 1. The molecular weight excluding hydrogens is 546 g/mol. The van der Waals surface area contributed by atoms with E-state index in [1.165, 1.54) is 18.2 Å². The van der Waals surface area contributed by atoms with Crippen molar-refractivity contribution in [3.63, 3.8) is 0 Å². The third kappa shape index (κ3) is 6.51. The smallest absolute Gasteiger partial charge is 0.266 e. The number of hydrogen-bond donors (Lipinski definition) is 1. The van der Waals surface area contributed by atoms with Gasteiger partial charge in [-0.25, -0.2) is 4.39 Å². The van der Waals surface area contributed by atoms with Crippen LogP contribution in [0.25, 0.3) is 6.08 Å². The third-order valence-corrected chi connectivity index (χ3v) is 5.89. The van der Waals surface area contributed by atoms with Crippen LogP contribution in [-0.2, 0) is 11.4 Å². The SMILES string of the molecule is CCOc1cc(/C=C(/C#N)C(=O)Nc2cccc(Cl)c2Cl)cc(Br)c1OCc1cccc(F)c1. The third-order valence-electron chi connectivity index (χ3n) is 4.48. The van der Waals surface area contributed by atoms with E-state index in [4.69, 9.17) is 32.7 Å². The minimum atomic E-state index is -0.646. The van der Waals surface area contributed by atoms with Gasteiger partial charge in [-0.2, -0.15) is 5.26 Å². The second-order valence-electron chi connectivity index (χ2n) is 6.91. The quantitative estimate of drug-likeness (QED) is 0.229. The lowest BCUT2D eigenvalue weighted by molar-refractivity contribution is -0.112. The molecule has 3 aromatic rings. The van der Waals surface area contributed by atoms with Crippen LogP contribution in [0.1, 0.15) is 18.1 Å². The number of amides is 1. The van der Waals surface area contributed by atoms with Crippen LogP contribution in [0.3, 0.4) is 0 Å². The summed E-state index contributed by atoms with van der Waals surface area (Å²) < 4.78 is 25.6. The Kier molecular flexibility index (Phi) is 8.94. The van der Waals surface area contributed by atoms with Crippen LogP contribution >= 0.6 is 39.1 Å². The van der Waals surface area contributed by atoms with Gasteiger partial charge >= 0.3 is 0 Å². The largest absolute Gasteiger partial charge is 0.490 e. The first kappa shape index (κ1) is 25.6. The van der Waals surface area contributed by atoms with Crippen molar-refractivity contribution in [2.75, 3.05) is 11.9 Å². The predicted octanol–water partition coefficient (Wildman–Crippen LogP) is 7.42. The number of nitrogens with zero attached hydrogens (tertiary/aromatic N) is 1. The molecule has 0 fully saturated rings. The summed E-state index contributed by atoms with van der Waals surface area (Å²) in [5.41, 5.74) is 1.31. The first-order chi connectivity index (χ1) is 16.3. The molecule has 9 heteroatoms. The number of halogens is 4. The molecule has 3 rings (SSSR count). The molecule has 1 N–H and O–H groups in total. The van der Waals surface area contributed by atoms with Crippen LogP contribution in [0.15, 0.2) is 64.6 Å². The number of benzene rings is 3. The van der Waals surface area contributed by atoms with Gasteiger partial charge in [0.2, 0.25) is 0 Å². The first-order valence-electron chi connectivity index (χ1n) is 10.0. The standard InChI is InChI=1S/C25H18BrCl2FN2O3/c1-2-33-22-12-16(11-19(26)24(22)34-14-15-5-3-6-18(29)10-15)9-17(13-30)25(32)31-21-8-4-7-20(27)23(21)28/h3-12H,2,14H2,1H3,(H,31,32)/b17-9-. The zero-order valence-corrected chi connectivity index (χ0v) is 21.0. The lowest BCUT2D eigenvalue weighted by atomic mass is 10.1. The van der Waals surface area contributed by atoms with Gasteiger partial charge < -0.3 is 14.8 Å². The topological polar surface area (TPSA) is 71.3 Å². The van der Waals surface area contributed by atoms with Crippen molar-refractivity contribution in [3.8, 4) is 17.6 Å². The van der Waals surface area contributed by atoms with Crippen molar-refractivity contribution in [1.82, 2.24) is 0 Å². The van der Waals surface area contributed by atoms with Crippen LogP contribution in [0.5, 0.6) is 11.5 Å². The Hall–Kier alpha value is -3.05. The maximum Gasteiger partial charge on any atom is 0.266 e. The van der Waals surface area contributed by atoms with Crippen LogP contribution < -0.4 is 14.8 Å². The van der Waals surface area contributed by atoms with Crippen molar-refractivity contribution < 1.29 is 18.7 Å². The van der Waals surface area contributed by atoms with E-state index in [1.54, 1.807) is 42.5 Å². The molecule has 1 amide bonds. The Balaban J connectivity index is 1.86. The molecule has 0 aromatic heterocycles. The van der Waals surface area contributed by atoms with Gasteiger partial charge in [-0.15, -0.1) is 0 Å². The minimum Gasteiger partial charge on any atom is -0.490 e. The molecule has 0 saturated carbocycles. The highest BCUT2D eigenvalue weighted by Gasteiger charge is 2.16. The minimum absolute atomic E-state index is 0.123. The van der Waals surface area contributed by atoms with Gasteiger partial charge in [0.1, 0.15) is 24.1 Å². The van der Waals surface area contributed by atoms with E-state index in [0.717, 1.165) is 0 Å². The number of anilines is 1. The number of carbonyl (C=O) groups excluding carboxylic acids is 1. The van der Waals surface area contributed by atoms with Crippen molar-refractivity contribution >= 4 is 56.8 Å². The fourth-order valence-corrected chi connectivity index (χ4v) is 3.88. The van der Waals surface area contributed by atoms with Crippen molar-refractivity contribution in [2.24, 2.45) is 0 Å². The Morgan fingerprint density at radius 1 is 1.18 bits per heavy atom. The van der Waals surface area contributed by atoms with Crippen molar-refractivity contribution in [2.45, 2.75) is 13.5 Å². The Bertz CT molecular complexity index is 1290. The first-order valence-corrected chi connectivity index (χ1v) is 11.6. The van der Waals surface area contributed by atoms with Gasteiger partial charge in [-0.05, 0) is 76.5 Å². The highest BCUT2D eigenvalue weighted by molar-refractivity contribution is 9.10. The van der Waals surface area contributed by atoms with Crippen LogP contribution in [0.2, 0.25) is 10.0 Å². The number of hydrogen-bond acceptors (Lipinski definition) is 4. The molecule has 0 aliphatic rings. The highest BCUT2D eigenvalue weighted by Crippen LogP contribution is 2.38. The fraction of sp³-hybridized carbons (Fsp3) is 0.120. The van der Waals surface area contributed by atoms with E-state index >= 15 is 0 Å². The monoisotopic (exact) mass is 562 g/mol. The molecule has 0 aliphatic carbocycles. The molecule has 3 aromatic carbocycles. The van der Waals surface area contributed by atoms with Gasteiger partial charge in [0.25, 0.3) is 5.91 Å². The zero-order chi connectivity index (χ0) is 24.7. The van der Waals surface area contributed by atoms with E-state index in [9.17, 15) is 14.4 Å². The van der Waals surface area contributed by atoms with E-state index in [-0.39, 0.29) is 33.7 Å². The lowest BCUT2D eigenvalue weighted by Crippen LogP contribution is -2.13. The molecule has 0 atom stereocenters. The van der Waals surface area contributed by atoms with Crippen LogP contribution in [-0.4, -0.2) is 12.5 Å². The molecule has 0 radical (unpaired) electrons. The highest BCUT2D eigenvalue weighted by atomic mass is 79.9. The van der Waals surface area contributed by atoms with Crippen LogP contribution in [0, 0.1) is 17.1 Å². The molecule has 174 valence electrons. The second-order valence-corrected chi connectivity index (χ2v) is 8.55. The maximum atomic E-state index is 13.5. The summed E-state index contributed by atoms with van der Waals surface area (Å²) in [6.45, 7) is 2.29. The summed E-state index contributed by atoms with van der Waals surface area (Å²) in [6, 6.07) is 16.1. The Morgan fingerprint density at radius 2 is 1.94 bits per heavy atom. The molecule has 0 heterocycles. The van der Waals surface area contributed by atoms with E-state index in [0.29, 0.717) is 33.7 Å². The fourth-order valence-electron chi connectivity index (χ4n) is 2.96. The molecule has 0 aliphatic heterocycles. The van der Waals surface area contributed by atoms with Gasteiger partial charge in [-0.3, -0.25) is 4.79 Å². The van der Waals surface area contributed by atoms with Gasteiger partial charge in [0, 0.05) is 0 Å². The zero-order valence-electron chi connectivity index (χ0n) is 17.9. The predicted molar refractivity (Wildman–Crippen MR) is 135 cm³/mol. The van der Waals surface area contributed by atoms with Gasteiger partial charge in [-0.1, -0.05) is 41.4 Å². The Morgan fingerprint density at radius 3 is 2.65 bits per heavy atom. The molecule has 0 unspecified atom stereocenters. The molecule has 0 spiro atoms. The molecule has 34 heavy (non-hydrogen) atoms. The summed E-state index contributed by atoms with van der Waals surface area (Å²) in [6.07, 6.45) is 1.41. The number of ether oxygens (including phenoxy) is 2. The molecule has 0 saturated heterocycles. The van der Waals surface area contributed by atoms with Gasteiger partial charge in [0.05, 0.1) is 26.8 Å². The number of nitriles is 1. The molecule has 0 bridgehead atoms. The summed E-state index contributed by atoms with van der Waals surface area (Å²) in [7, 11) is 0. The summed E-state index contributed by atoms with van der Waals surface area (Å²) >= 11 is 15.5. The van der Waals surface area contributed by atoms with Crippen molar-refractivity contribution in [3.05, 3.63) is 91.6 Å². The van der Waals surface area contributed by atoms with Gasteiger partial charge in [0.15, 0.2) is 11.5 Å². The number of rotatable bonds is 8. The second kappa shape index (κ2) is 11.9. The average Bonchev–Trinajstić information content (AvgIpc) is 2.80. The van der Waals surface area contributed by atoms with E-state index in [2.05, 4.69) is 21.2 Å². The summed E-state index contributed by atoms with van der Waals surface area (Å²) in [4.78, 5) is 12.7. The summed E-state index contributed by atoms with van der Waals surface area (Å²) in [5.74, 6) is -0.189. The summed E-state index contributed by atoms with van der Waals surface area (Å²) in [5, 5.41) is 12.6. The lowest BCUT2D eigenvalue weighted by Gasteiger charge is -2.15. The average molecular weight is 564 g/mol. The van der Waals surface area contributed by atoms with Crippen LogP contribution in [0.4, 0.5) is 10.1 Å².